The summed E-state index contributed by atoms with van der Waals surface area (Å²) < 4.78 is 25.2. The van der Waals surface area contributed by atoms with Gasteiger partial charge in [-0.15, -0.1) is 0 Å². The van der Waals surface area contributed by atoms with Gasteiger partial charge in [0.15, 0.2) is 0 Å². The average Bonchev–Trinajstić information content (AvgIpc) is 2.87. The number of hydrogen-bond acceptors (Lipinski definition) is 5. The summed E-state index contributed by atoms with van der Waals surface area (Å²) in [5.74, 6) is 0.801. The Kier molecular flexibility index (Phi) is 5.18. The van der Waals surface area contributed by atoms with Crippen LogP contribution in [-0.4, -0.2) is 62.6 Å². The van der Waals surface area contributed by atoms with Crippen LogP contribution in [0, 0.1) is 0 Å². The Morgan fingerprint density at radius 1 is 1.43 bits per heavy atom. The van der Waals surface area contributed by atoms with Gasteiger partial charge in [0, 0.05) is 19.6 Å². The molecule has 0 radical (unpaired) electrons. The van der Waals surface area contributed by atoms with Crippen LogP contribution in [0.25, 0.3) is 0 Å². The van der Waals surface area contributed by atoms with Gasteiger partial charge in [-0.25, -0.2) is 13.4 Å². The van der Waals surface area contributed by atoms with Crippen molar-refractivity contribution in [3.63, 3.8) is 0 Å². The summed E-state index contributed by atoms with van der Waals surface area (Å²) in [6, 6.07) is 5.62. The molecule has 0 amide bonds. The first-order chi connectivity index (χ1) is 9.88. The number of rotatable bonds is 6. The predicted molar refractivity (Wildman–Crippen MR) is 84.8 cm³/mol. The molecule has 1 saturated heterocycles. The van der Waals surface area contributed by atoms with Crippen molar-refractivity contribution in [2.75, 3.05) is 45.3 Å². The summed E-state index contributed by atoms with van der Waals surface area (Å²) in [5.41, 5.74) is 0.827. The Morgan fingerprint density at radius 3 is 2.86 bits per heavy atom. The minimum absolute atomic E-state index is 0.129. The number of nitrogens with zero attached hydrogens (tertiary/aromatic N) is 3. The Hall–Kier alpha value is -1.18. The molecule has 118 valence electrons. The molecule has 6 nitrogen and oxygen atoms in total. The van der Waals surface area contributed by atoms with Crippen molar-refractivity contribution in [1.82, 2.24) is 14.2 Å². The van der Waals surface area contributed by atoms with Crippen LogP contribution >= 0.6 is 0 Å². The van der Waals surface area contributed by atoms with E-state index < -0.39 is 10.0 Å². The quantitative estimate of drug-likeness (QED) is 0.853. The Labute approximate surface area is 127 Å². The molecule has 1 aliphatic heterocycles. The summed E-state index contributed by atoms with van der Waals surface area (Å²) in [4.78, 5) is 6.68. The first kappa shape index (κ1) is 16.2. The van der Waals surface area contributed by atoms with E-state index in [1.54, 1.807) is 4.31 Å². The Balaban J connectivity index is 2.10. The molecule has 7 heteroatoms. The standard InChI is InChI=1S/C14H24N4O2S/c1-17(2)11-9-15-14-8-4-6-12(16-14)13-7-5-10-18(13)21(3,19)20/h4,6,8,13H,5,7,9-11H2,1-3H3,(H,15,16)/t13-/m1/s1. The second-order valence-electron chi connectivity index (χ2n) is 5.71. The summed E-state index contributed by atoms with van der Waals surface area (Å²) in [7, 11) is 0.869. The van der Waals surface area contributed by atoms with Crippen LogP contribution < -0.4 is 5.32 Å². The fourth-order valence-electron chi connectivity index (χ4n) is 2.58. The fourth-order valence-corrected chi connectivity index (χ4v) is 3.71. The maximum atomic E-state index is 11.8. The maximum Gasteiger partial charge on any atom is 0.211 e. The van der Waals surface area contributed by atoms with Gasteiger partial charge < -0.3 is 10.2 Å². The number of aromatic nitrogens is 1. The molecule has 0 spiro atoms. The van der Waals surface area contributed by atoms with Crippen LogP contribution in [0.5, 0.6) is 0 Å². The van der Waals surface area contributed by atoms with E-state index in [4.69, 9.17) is 0 Å². The fraction of sp³-hybridized carbons (Fsp3) is 0.643. The van der Waals surface area contributed by atoms with E-state index in [0.29, 0.717) is 6.54 Å². The Bertz CT molecular complexity index is 574. The lowest BCUT2D eigenvalue weighted by Crippen LogP contribution is -2.30. The van der Waals surface area contributed by atoms with Gasteiger partial charge in [0.2, 0.25) is 10.0 Å². The number of pyridine rings is 1. The second kappa shape index (κ2) is 6.72. The van der Waals surface area contributed by atoms with Gasteiger partial charge in [0.25, 0.3) is 0 Å². The molecule has 1 fully saturated rings. The number of likely N-dealkylation sites (N-methyl/N-ethyl adjacent to an activating group) is 1. The third-order valence-electron chi connectivity index (χ3n) is 3.61. The van der Waals surface area contributed by atoms with Gasteiger partial charge in [-0.3, -0.25) is 0 Å². The zero-order valence-electron chi connectivity index (χ0n) is 12.9. The molecule has 1 aliphatic rings. The molecule has 2 heterocycles. The number of hydrogen-bond donors (Lipinski definition) is 1. The first-order valence-corrected chi connectivity index (χ1v) is 9.05. The van der Waals surface area contributed by atoms with Crippen molar-refractivity contribution in [3.05, 3.63) is 23.9 Å². The summed E-state index contributed by atoms with van der Waals surface area (Å²) >= 11 is 0. The van der Waals surface area contributed by atoms with Crippen LogP contribution in [0.2, 0.25) is 0 Å². The molecule has 1 atom stereocenters. The second-order valence-corrected chi connectivity index (χ2v) is 7.64. The lowest BCUT2D eigenvalue weighted by Gasteiger charge is -2.22. The maximum absolute atomic E-state index is 11.8. The number of sulfonamides is 1. The minimum atomic E-state index is -3.17. The van der Waals surface area contributed by atoms with Gasteiger partial charge in [-0.1, -0.05) is 6.07 Å². The SMILES string of the molecule is CN(C)CCNc1cccc([C@H]2CCCN2S(C)(=O)=O)n1. The normalized spacial score (nSPS) is 20.1. The van der Waals surface area contributed by atoms with Crippen molar-refractivity contribution in [1.29, 1.82) is 0 Å². The summed E-state index contributed by atoms with van der Waals surface area (Å²) in [6.45, 7) is 2.32. The van der Waals surface area contributed by atoms with Crippen LogP contribution in [0.1, 0.15) is 24.6 Å². The van der Waals surface area contributed by atoms with Crippen molar-refractivity contribution >= 4 is 15.8 Å². The number of anilines is 1. The highest BCUT2D eigenvalue weighted by molar-refractivity contribution is 7.88. The highest BCUT2D eigenvalue weighted by atomic mass is 32.2. The molecule has 0 aliphatic carbocycles. The van der Waals surface area contributed by atoms with Crippen LogP contribution in [0.15, 0.2) is 18.2 Å². The highest BCUT2D eigenvalue weighted by Gasteiger charge is 2.33. The molecule has 0 aromatic carbocycles. The van der Waals surface area contributed by atoms with E-state index >= 15 is 0 Å². The van der Waals surface area contributed by atoms with E-state index in [9.17, 15) is 8.42 Å². The Morgan fingerprint density at radius 2 is 2.19 bits per heavy atom. The highest BCUT2D eigenvalue weighted by Crippen LogP contribution is 2.33. The zero-order chi connectivity index (χ0) is 15.5. The minimum Gasteiger partial charge on any atom is -0.369 e. The van der Waals surface area contributed by atoms with Crippen molar-refractivity contribution in [2.45, 2.75) is 18.9 Å². The first-order valence-electron chi connectivity index (χ1n) is 7.20. The van der Waals surface area contributed by atoms with Gasteiger partial charge in [0.1, 0.15) is 5.82 Å². The largest absolute Gasteiger partial charge is 0.369 e. The lowest BCUT2D eigenvalue weighted by atomic mass is 10.1. The van der Waals surface area contributed by atoms with E-state index in [1.807, 2.05) is 32.3 Å². The molecular formula is C14H24N4O2S. The molecular weight excluding hydrogens is 288 g/mol. The van der Waals surface area contributed by atoms with E-state index in [-0.39, 0.29) is 6.04 Å². The lowest BCUT2D eigenvalue weighted by molar-refractivity contribution is 0.394. The third-order valence-corrected chi connectivity index (χ3v) is 4.90. The molecule has 1 aromatic rings. The molecule has 0 saturated carbocycles. The smallest absolute Gasteiger partial charge is 0.211 e. The molecule has 1 N–H and O–H groups in total. The molecule has 0 unspecified atom stereocenters. The van der Waals surface area contributed by atoms with Crippen LogP contribution in [0.3, 0.4) is 0 Å². The monoisotopic (exact) mass is 312 g/mol. The predicted octanol–water partition coefficient (Wildman–Crippen LogP) is 1.15. The van der Waals surface area contributed by atoms with Gasteiger partial charge in [0.05, 0.1) is 18.0 Å². The van der Waals surface area contributed by atoms with Gasteiger partial charge in [-0.2, -0.15) is 4.31 Å². The topological polar surface area (TPSA) is 65.5 Å². The van der Waals surface area contributed by atoms with E-state index in [0.717, 1.165) is 37.4 Å². The summed E-state index contributed by atoms with van der Waals surface area (Å²) in [6.07, 6.45) is 2.99. The average molecular weight is 312 g/mol. The van der Waals surface area contributed by atoms with Crippen LogP contribution in [-0.2, 0) is 10.0 Å². The summed E-state index contributed by atoms with van der Waals surface area (Å²) in [5, 5.41) is 3.27. The number of nitrogens with one attached hydrogen (secondary N) is 1. The van der Waals surface area contributed by atoms with Crippen molar-refractivity contribution < 1.29 is 8.42 Å². The van der Waals surface area contributed by atoms with E-state index in [2.05, 4.69) is 15.2 Å². The van der Waals surface area contributed by atoms with E-state index in [1.165, 1.54) is 6.26 Å². The van der Waals surface area contributed by atoms with Crippen LogP contribution in [0.4, 0.5) is 5.82 Å². The van der Waals surface area contributed by atoms with Gasteiger partial charge >= 0.3 is 0 Å². The molecule has 0 bridgehead atoms. The third kappa shape index (κ3) is 4.39. The van der Waals surface area contributed by atoms with Gasteiger partial charge in [-0.05, 0) is 39.1 Å². The van der Waals surface area contributed by atoms with Crippen molar-refractivity contribution in [3.8, 4) is 0 Å². The zero-order valence-corrected chi connectivity index (χ0v) is 13.7. The molecule has 1 aromatic heterocycles. The molecule has 21 heavy (non-hydrogen) atoms. The van der Waals surface area contributed by atoms with Crippen molar-refractivity contribution in [2.24, 2.45) is 0 Å². The molecule has 2 rings (SSSR count).